The number of amides is 1. The molecule has 0 spiro atoms. The number of nitrogens with zero attached hydrogens (tertiary/aromatic N) is 2. The number of ether oxygens (including phenoxy) is 1. The first-order valence-electron chi connectivity index (χ1n) is 7.51. The average molecular weight is 398 g/mol. The van der Waals surface area contributed by atoms with Crippen LogP contribution in [0.5, 0.6) is 5.75 Å². The molecule has 140 valence electrons. The third-order valence-electron chi connectivity index (χ3n) is 3.44. The molecule has 0 radical (unpaired) electrons. The van der Waals surface area contributed by atoms with Gasteiger partial charge in [-0.2, -0.15) is 13.2 Å². The third kappa shape index (κ3) is 4.37. The molecule has 3 aromatic rings. The van der Waals surface area contributed by atoms with Crippen LogP contribution in [0, 0.1) is 0 Å². The van der Waals surface area contributed by atoms with Crippen LogP contribution in [0.4, 0.5) is 18.9 Å². The van der Waals surface area contributed by atoms with Crippen molar-refractivity contribution in [2.24, 2.45) is 0 Å². The van der Waals surface area contributed by atoms with Gasteiger partial charge in [-0.3, -0.25) is 14.0 Å². The highest BCUT2D eigenvalue weighted by Gasteiger charge is 2.29. The molecule has 27 heavy (non-hydrogen) atoms. The van der Waals surface area contributed by atoms with Gasteiger partial charge in [-0.15, -0.1) is 0 Å². The molecule has 6 nitrogen and oxygen atoms in total. The molecule has 0 saturated carbocycles. The predicted molar refractivity (Wildman–Crippen MR) is 92.4 cm³/mol. The Labute approximate surface area is 155 Å². The Morgan fingerprint density at radius 2 is 2.04 bits per heavy atom. The number of alkyl halides is 3. The summed E-state index contributed by atoms with van der Waals surface area (Å²) in [7, 11) is 0. The van der Waals surface area contributed by atoms with Crippen LogP contribution in [-0.4, -0.2) is 28.1 Å². The van der Waals surface area contributed by atoms with Crippen molar-refractivity contribution in [3.05, 3.63) is 69.7 Å². The second-order valence-corrected chi connectivity index (χ2v) is 5.84. The Hall–Kier alpha value is -3.07. The maximum atomic E-state index is 12.5. The van der Waals surface area contributed by atoms with Gasteiger partial charge in [0.05, 0.1) is 5.69 Å². The Morgan fingerprint density at radius 1 is 1.26 bits per heavy atom. The number of anilines is 1. The summed E-state index contributed by atoms with van der Waals surface area (Å²) in [5.74, 6) is -1.09. The molecule has 0 saturated heterocycles. The molecule has 2 aromatic heterocycles. The van der Waals surface area contributed by atoms with Gasteiger partial charge in [0.1, 0.15) is 17.0 Å². The lowest BCUT2D eigenvalue weighted by atomic mass is 10.2. The summed E-state index contributed by atoms with van der Waals surface area (Å²) in [5, 5.41) is 2.51. The predicted octanol–water partition coefficient (Wildman–Crippen LogP) is 3.54. The normalized spacial score (nSPS) is 11.4. The first-order valence-corrected chi connectivity index (χ1v) is 7.89. The van der Waals surface area contributed by atoms with Crippen molar-refractivity contribution in [1.29, 1.82) is 0 Å². The summed E-state index contributed by atoms with van der Waals surface area (Å²) in [6, 6.07) is 8.58. The van der Waals surface area contributed by atoms with Gasteiger partial charge in [0, 0.05) is 17.4 Å². The van der Waals surface area contributed by atoms with Crippen LogP contribution in [0.15, 0.2) is 53.6 Å². The van der Waals surface area contributed by atoms with Gasteiger partial charge in [-0.25, -0.2) is 4.98 Å². The number of aromatic nitrogens is 2. The number of carbonyl (C=O) groups is 1. The Morgan fingerprint density at radius 3 is 2.78 bits per heavy atom. The van der Waals surface area contributed by atoms with E-state index in [0.29, 0.717) is 5.65 Å². The number of nitrogens with one attached hydrogen (secondary N) is 1. The number of carbonyl (C=O) groups excluding carboxylic acids is 1. The molecule has 1 aromatic carbocycles. The van der Waals surface area contributed by atoms with Crippen molar-refractivity contribution in [2.75, 3.05) is 11.9 Å². The molecule has 0 atom stereocenters. The topological polar surface area (TPSA) is 72.7 Å². The lowest BCUT2D eigenvalue weighted by molar-refractivity contribution is -0.153. The van der Waals surface area contributed by atoms with E-state index < -0.39 is 24.2 Å². The first-order chi connectivity index (χ1) is 12.7. The Bertz CT molecular complexity index is 1070. The monoisotopic (exact) mass is 397 g/mol. The summed E-state index contributed by atoms with van der Waals surface area (Å²) in [5.41, 5.74) is -0.677. The van der Waals surface area contributed by atoms with Gasteiger partial charge in [0.25, 0.3) is 11.5 Å². The van der Waals surface area contributed by atoms with E-state index in [2.05, 4.69) is 10.3 Å². The van der Waals surface area contributed by atoms with Gasteiger partial charge >= 0.3 is 6.18 Å². The van der Waals surface area contributed by atoms with Crippen molar-refractivity contribution < 1.29 is 22.7 Å². The number of hydrogen-bond donors (Lipinski definition) is 1. The maximum absolute atomic E-state index is 12.5. The number of pyridine rings is 1. The lowest BCUT2D eigenvalue weighted by Crippen LogP contribution is -2.27. The highest BCUT2D eigenvalue weighted by molar-refractivity contribution is 6.31. The molecule has 0 fully saturated rings. The van der Waals surface area contributed by atoms with Crippen molar-refractivity contribution in [3.63, 3.8) is 0 Å². The second-order valence-electron chi connectivity index (χ2n) is 5.40. The number of benzene rings is 1. The largest absolute Gasteiger partial charge is 0.482 e. The van der Waals surface area contributed by atoms with Crippen molar-refractivity contribution in [1.82, 2.24) is 9.38 Å². The molecule has 0 bridgehead atoms. The summed E-state index contributed by atoms with van der Waals surface area (Å²) >= 11 is 5.84. The fourth-order valence-electron chi connectivity index (χ4n) is 2.26. The smallest absolute Gasteiger partial charge is 0.422 e. The number of halogens is 4. The van der Waals surface area contributed by atoms with Gasteiger partial charge in [0.15, 0.2) is 6.61 Å². The van der Waals surface area contributed by atoms with Gasteiger partial charge < -0.3 is 10.1 Å². The molecule has 3 rings (SSSR count). The summed E-state index contributed by atoms with van der Waals surface area (Å²) in [6.07, 6.45) is -2.02. The fourth-order valence-corrected chi connectivity index (χ4v) is 2.43. The third-order valence-corrected chi connectivity index (χ3v) is 3.67. The molecule has 2 heterocycles. The minimum Gasteiger partial charge on any atom is -0.482 e. The minimum atomic E-state index is -4.55. The van der Waals surface area contributed by atoms with Crippen LogP contribution < -0.4 is 15.6 Å². The van der Waals surface area contributed by atoms with Crippen LogP contribution in [0.1, 0.15) is 10.4 Å². The zero-order chi connectivity index (χ0) is 19.6. The van der Waals surface area contributed by atoms with E-state index in [4.69, 9.17) is 16.3 Å². The second kappa shape index (κ2) is 7.28. The van der Waals surface area contributed by atoms with Gasteiger partial charge in [-0.1, -0.05) is 17.7 Å². The summed E-state index contributed by atoms with van der Waals surface area (Å²) < 4.78 is 43.0. The molecule has 0 aliphatic rings. The number of hydrogen-bond acceptors (Lipinski definition) is 4. The van der Waals surface area contributed by atoms with Gasteiger partial charge in [0.2, 0.25) is 0 Å². The van der Waals surface area contributed by atoms with E-state index in [0.717, 1.165) is 6.20 Å². The zero-order valence-electron chi connectivity index (χ0n) is 13.5. The van der Waals surface area contributed by atoms with Crippen molar-refractivity contribution in [2.45, 2.75) is 6.18 Å². The summed E-state index contributed by atoms with van der Waals surface area (Å²) in [6.45, 7) is -1.54. The minimum absolute atomic E-state index is 0.102. The SMILES string of the molecule is O=C(Nc1cc(Cl)ccc1OCC(F)(F)F)c1cnc2ccccn2c1=O. The fraction of sp³-hybridized carbons (Fsp3) is 0.118. The van der Waals surface area contributed by atoms with E-state index in [1.807, 2.05) is 0 Å². The highest BCUT2D eigenvalue weighted by atomic mass is 35.5. The summed E-state index contributed by atoms with van der Waals surface area (Å²) in [4.78, 5) is 28.9. The first kappa shape index (κ1) is 18.7. The van der Waals surface area contributed by atoms with Gasteiger partial charge in [-0.05, 0) is 30.3 Å². The average Bonchev–Trinajstić information content (AvgIpc) is 2.60. The quantitative estimate of drug-likeness (QED) is 0.731. The van der Waals surface area contributed by atoms with Crippen LogP contribution >= 0.6 is 11.6 Å². The van der Waals surface area contributed by atoms with Crippen LogP contribution in [0.25, 0.3) is 5.65 Å². The Kier molecular flexibility index (Phi) is 5.04. The lowest BCUT2D eigenvalue weighted by Gasteiger charge is -2.14. The standard InChI is InChI=1S/C17H11ClF3N3O3/c18-10-4-5-13(27-9-17(19,20)21)12(7-10)23-15(25)11-8-22-14-3-1-2-6-24(14)16(11)26/h1-8H,9H2,(H,23,25). The van der Waals surface area contributed by atoms with Crippen molar-refractivity contribution in [3.8, 4) is 5.75 Å². The van der Waals surface area contributed by atoms with Crippen molar-refractivity contribution >= 4 is 28.8 Å². The number of rotatable bonds is 4. The van der Waals surface area contributed by atoms with Crippen LogP contribution in [-0.2, 0) is 0 Å². The molecule has 0 aliphatic carbocycles. The van der Waals surface area contributed by atoms with E-state index in [-0.39, 0.29) is 22.0 Å². The Balaban J connectivity index is 1.91. The number of fused-ring (bicyclic) bond motifs is 1. The van der Waals surface area contributed by atoms with E-state index in [1.54, 1.807) is 18.2 Å². The highest BCUT2D eigenvalue weighted by Crippen LogP contribution is 2.30. The van der Waals surface area contributed by atoms with E-state index in [1.165, 1.54) is 28.8 Å². The molecule has 1 amide bonds. The molecular weight excluding hydrogens is 387 g/mol. The molecular formula is C17H11ClF3N3O3. The van der Waals surface area contributed by atoms with E-state index >= 15 is 0 Å². The molecule has 1 N–H and O–H groups in total. The molecule has 0 aliphatic heterocycles. The van der Waals surface area contributed by atoms with Crippen LogP contribution in [0.3, 0.4) is 0 Å². The molecule has 0 unspecified atom stereocenters. The molecule has 10 heteroatoms. The maximum Gasteiger partial charge on any atom is 0.422 e. The van der Waals surface area contributed by atoms with E-state index in [9.17, 15) is 22.8 Å². The zero-order valence-corrected chi connectivity index (χ0v) is 14.2. The van der Waals surface area contributed by atoms with Crippen LogP contribution in [0.2, 0.25) is 5.02 Å².